The number of hydrogen-bond donors (Lipinski definition) is 1. The Morgan fingerprint density at radius 3 is 1.92 bits per heavy atom. The molecule has 0 aromatic heterocycles. The van der Waals surface area contributed by atoms with Crippen molar-refractivity contribution < 1.29 is 28.9 Å². The van der Waals surface area contributed by atoms with Gasteiger partial charge in [-0.3, -0.25) is 0 Å². The number of rotatable bonds is 0. The molecule has 7 heteroatoms. The van der Waals surface area contributed by atoms with Gasteiger partial charge >= 0.3 is 34.2 Å². The molecule has 1 N–H and O–H groups in total. The van der Waals surface area contributed by atoms with Crippen LogP contribution in [0.15, 0.2) is 0 Å². The quantitative estimate of drug-likeness (QED) is 0.634. The Hall–Kier alpha value is 0.302. The zero-order valence-electron chi connectivity index (χ0n) is 6.73. The van der Waals surface area contributed by atoms with Crippen LogP contribution in [-0.2, 0) is 24.7 Å². The average molecular weight is 238 g/mol. The summed E-state index contributed by atoms with van der Waals surface area (Å²) in [5.74, 6) is 0. The van der Waals surface area contributed by atoms with E-state index in [0.29, 0.717) is 0 Å². The molecule has 0 aromatic carbocycles. The first-order chi connectivity index (χ1) is 5.39. The van der Waals surface area contributed by atoms with Gasteiger partial charge in [-0.25, -0.2) is 0 Å². The van der Waals surface area contributed by atoms with Crippen molar-refractivity contribution in [1.29, 1.82) is 0 Å². The molecule has 0 bridgehead atoms. The van der Waals surface area contributed by atoms with Gasteiger partial charge in [0, 0.05) is 13.1 Å². The van der Waals surface area contributed by atoms with Crippen LogP contribution in [0.2, 0.25) is 0 Å². The summed E-state index contributed by atoms with van der Waals surface area (Å²) in [7, 11) is 6.24. The summed E-state index contributed by atoms with van der Waals surface area (Å²) in [5.41, 5.74) is 0. The van der Waals surface area contributed by atoms with Crippen molar-refractivity contribution in [3.63, 3.8) is 0 Å². The van der Waals surface area contributed by atoms with E-state index in [1.165, 1.54) is 0 Å². The number of morpholine rings is 1. The van der Waals surface area contributed by atoms with Gasteiger partial charge in [0.15, 0.2) is 0 Å². The fourth-order valence-electron chi connectivity index (χ4n) is 0.655. The number of hydrogen-bond acceptors (Lipinski definition) is 4. The first-order valence-corrected chi connectivity index (χ1v) is 6.69. The molecule has 0 saturated carbocycles. The Kier molecular flexibility index (Phi) is 6.01. The van der Waals surface area contributed by atoms with Crippen LogP contribution in [-0.4, -0.2) is 42.4 Å². The van der Waals surface area contributed by atoms with Gasteiger partial charge in [-0.05, 0) is 7.05 Å². The van der Waals surface area contributed by atoms with E-state index in [1.807, 2.05) is 0 Å². The number of likely N-dealkylation sites (N-methyl/N-ethyl adjacent to an activating group) is 1. The van der Waals surface area contributed by atoms with Gasteiger partial charge < -0.3 is 9.64 Å². The van der Waals surface area contributed by atoms with E-state index in [-0.39, 0.29) is 0 Å². The second-order valence-corrected chi connectivity index (χ2v) is 5.22. The third-order valence-electron chi connectivity index (χ3n) is 1.23. The third-order valence-corrected chi connectivity index (χ3v) is 1.23. The molecule has 1 fully saturated rings. The molecule has 1 aliphatic heterocycles. The molecule has 0 amide bonds. The van der Waals surface area contributed by atoms with Crippen molar-refractivity contribution in [3.8, 4) is 0 Å². The fourth-order valence-corrected chi connectivity index (χ4v) is 0.655. The van der Waals surface area contributed by atoms with Crippen LogP contribution in [0.5, 0.6) is 0 Å². The maximum atomic E-state index is 9.03. The molecule has 0 radical (unpaired) electrons. The maximum absolute atomic E-state index is 9.03. The standard InChI is InChI=1S/C5H11NO.ClH.Cr.H2O.2O/c1-6-2-4-7-5-3-6;;;;;/h2-5H2,1H3;1H;;1H2;;/q;;+2;;;/p-2. The summed E-state index contributed by atoms with van der Waals surface area (Å²) < 4.78 is 30.5. The molecule has 1 heterocycles. The average Bonchev–Trinajstić information content (AvgIpc) is 1.85. The predicted octanol–water partition coefficient (Wildman–Crippen LogP) is -0.159. The summed E-state index contributed by atoms with van der Waals surface area (Å²) in [5, 5.41) is 0. The van der Waals surface area contributed by atoms with Crippen LogP contribution in [0, 0.1) is 0 Å². The Bertz CT molecular complexity index is 191. The zero-order chi connectivity index (χ0) is 9.61. The summed E-state index contributed by atoms with van der Waals surface area (Å²) in [6, 6.07) is 0. The Labute approximate surface area is 77.5 Å². The molecule has 1 saturated heterocycles. The van der Waals surface area contributed by atoms with Crippen molar-refractivity contribution >= 4 is 10.0 Å². The van der Waals surface area contributed by atoms with E-state index in [1.54, 1.807) is 0 Å². The number of ether oxygens (including phenoxy) is 1. The first kappa shape index (κ1) is 12.3. The number of halogens is 1. The molecule has 0 atom stereocenters. The van der Waals surface area contributed by atoms with E-state index in [2.05, 4.69) is 22.0 Å². The van der Waals surface area contributed by atoms with Crippen LogP contribution in [0.1, 0.15) is 0 Å². The minimum atomic E-state index is -4.78. The molecule has 12 heavy (non-hydrogen) atoms. The van der Waals surface area contributed by atoms with Crippen molar-refractivity contribution in [2.24, 2.45) is 0 Å². The van der Waals surface area contributed by atoms with Gasteiger partial charge in [0.2, 0.25) is 0 Å². The summed E-state index contributed by atoms with van der Waals surface area (Å²) in [6.07, 6.45) is 0. The van der Waals surface area contributed by atoms with Gasteiger partial charge in [0.05, 0.1) is 13.2 Å². The normalized spacial score (nSPS) is 19.6. The minimum absolute atomic E-state index is 0.913. The second-order valence-electron chi connectivity index (χ2n) is 2.33. The van der Waals surface area contributed by atoms with Crippen LogP contribution in [0.4, 0.5) is 0 Å². The van der Waals surface area contributed by atoms with E-state index >= 15 is 0 Å². The molecular formula is C5H12ClCrNO4. The molecule has 0 spiro atoms. The van der Waals surface area contributed by atoms with Gasteiger partial charge in [0.25, 0.3) is 0 Å². The van der Waals surface area contributed by atoms with Crippen molar-refractivity contribution in [2.75, 3.05) is 33.4 Å². The summed E-state index contributed by atoms with van der Waals surface area (Å²) in [6.45, 7) is 4.02. The SMILES string of the molecule is CN1CCOCC1.[O]=[Cr](=[O])([OH])[Cl]. The molecule has 0 aromatic rings. The van der Waals surface area contributed by atoms with Gasteiger partial charge in [-0.2, -0.15) is 0 Å². The molecule has 74 valence electrons. The van der Waals surface area contributed by atoms with Crippen LogP contribution >= 0.6 is 10.0 Å². The van der Waals surface area contributed by atoms with E-state index in [4.69, 9.17) is 16.5 Å². The monoisotopic (exact) mass is 237 g/mol. The first-order valence-electron chi connectivity index (χ1n) is 3.33. The van der Waals surface area contributed by atoms with E-state index in [0.717, 1.165) is 26.3 Å². The summed E-state index contributed by atoms with van der Waals surface area (Å²) >= 11 is -4.78. The second kappa shape index (κ2) is 5.86. The Balaban J connectivity index is 0.000000217. The fraction of sp³-hybridized carbons (Fsp3) is 1.00. The third kappa shape index (κ3) is 12.9. The molecule has 0 aliphatic carbocycles. The van der Waals surface area contributed by atoms with Gasteiger partial charge in [0.1, 0.15) is 0 Å². The van der Waals surface area contributed by atoms with Gasteiger partial charge in [-0.15, -0.1) is 0 Å². The molecule has 5 nitrogen and oxygen atoms in total. The Morgan fingerprint density at radius 1 is 1.42 bits per heavy atom. The van der Waals surface area contributed by atoms with Crippen LogP contribution < -0.4 is 0 Å². The van der Waals surface area contributed by atoms with Crippen molar-refractivity contribution in [2.45, 2.75) is 0 Å². The molecular weight excluding hydrogens is 226 g/mol. The van der Waals surface area contributed by atoms with Crippen molar-refractivity contribution in [1.82, 2.24) is 4.90 Å². The van der Waals surface area contributed by atoms with Crippen molar-refractivity contribution in [3.05, 3.63) is 0 Å². The molecule has 0 unspecified atom stereocenters. The zero-order valence-corrected chi connectivity index (χ0v) is 8.76. The predicted molar refractivity (Wildman–Crippen MR) is 37.8 cm³/mol. The van der Waals surface area contributed by atoms with E-state index in [9.17, 15) is 0 Å². The Morgan fingerprint density at radius 2 is 1.75 bits per heavy atom. The molecule has 1 aliphatic rings. The van der Waals surface area contributed by atoms with Crippen LogP contribution in [0.3, 0.4) is 0 Å². The van der Waals surface area contributed by atoms with Gasteiger partial charge in [-0.1, -0.05) is 0 Å². The number of nitrogens with zero attached hydrogens (tertiary/aromatic N) is 1. The topological polar surface area (TPSA) is 66.8 Å². The van der Waals surface area contributed by atoms with E-state index < -0.39 is 12.4 Å². The molecule has 1 rings (SSSR count). The summed E-state index contributed by atoms with van der Waals surface area (Å²) in [4.78, 5) is 2.27. The van der Waals surface area contributed by atoms with Crippen LogP contribution in [0.25, 0.3) is 0 Å².